The SMILES string of the molecule is C[C@@H]1CN(C[C@@H]2CN(C)CCO2)CCN1CCOc1ccccc1. The molecule has 2 aliphatic heterocycles. The highest BCUT2D eigenvalue weighted by Gasteiger charge is 2.27. The quantitative estimate of drug-likeness (QED) is 0.785. The van der Waals surface area contributed by atoms with Gasteiger partial charge in [-0.1, -0.05) is 18.2 Å². The van der Waals surface area contributed by atoms with Crippen LogP contribution in [0.4, 0.5) is 0 Å². The normalized spacial score (nSPS) is 27.2. The van der Waals surface area contributed by atoms with E-state index in [-0.39, 0.29) is 0 Å². The molecule has 0 spiro atoms. The van der Waals surface area contributed by atoms with Crippen molar-refractivity contribution in [1.29, 1.82) is 0 Å². The lowest BCUT2D eigenvalue weighted by atomic mass is 10.1. The van der Waals surface area contributed by atoms with Crippen LogP contribution in [0.2, 0.25) is 0 Å². The van der Waals surface area contributed by atoms with Crippen molar-refractivity contribution in [1.82, 2.24) is 14.7 Å². The minimum Gasteiger partial charge on any atom is -0.492 e. The van der Waals surface area contributed by atoms with Crippen molar-refractivity contribution in [2.24, 2.45) is 0 Å². The van der Waals surface area contributed by atoms with Crippen LogP contribution >= 0.6 is 0 Å². The number of benzene rings is 1. The molecule has 0 saturated carbocycles. The van der Waals surface area contributed by atoms with Gasteiger partial charge in [0.05, 0.1) is 12.7 Å². The van der Waals surface area contributed by atoms with E-state index in [9.17, 15) is 0 Å². The smallest absolute Gasteiger partial charge is 0.119 e. The van der Waals surface area contributed by atoms with Crippen LogP contribution in [0.25, 0.3) is 0 Å². The van der Waals surface area contributed by atoms with Crippen molar-refractivity contribution in [3.05, 3.63) is 30.3 Å². The zero-order valence-corrected chi connectivity index (χ0v) is 15.1. The molecular formula is C19H31N3O2. The second-order valence-electron chi connectivity index (χ2n) is 7.06. The summed E-state index contributed by atoms with van der Waals surface area (Å²) in [6, 6.07) is 10.6. The Morgan fingerprint density at radius 3 is 2.71 bits per heavy atom. The predicted octanol–water partition coefficient (Wildman–Crippen LogP) is 1.40. The number of hydrogen-bond acceptors (Lipinski definition) is 5. The van der Waals surface area contributed by atoms with Crippen LogP contribution in [0.15, 0.2) is 30.3 Å². The van der Waals surface area contributed by atoms with Crippen molar-refractivity contribution in [2.45, 2.75) is 19.1 Å². The molecule has 2 fully saturated rings. The van der Waals surface area contributed by atoms with Gasteiger partial charge in [0, 0.05) is 51.9 Å². The van der Waals surface area contributed by atoms with Crippen molar-refractivity contribution < 1.29 is 9.47 Å². The molecule has 0 unspecified atom stereocenters. The number of ether oxygens (including phenoxy) is 2. The average molecular weight is 333 g/mol. The molecule has 24 heavy (non-hydrogen) atoms. The molecule has 0 amide bonds. The molecule has 0 N–H and O–H groups in total. The first kappa shape index (κ1) is 17.7. The number of para-hydroxylation sites is 1. The van der Waals surface area contributed by atoms with Gasteiger partial charge in [0.15, 0.2) is 0 Å². The zero-order valence-electron chi connectivity index (χ0n) is 15.1. The summed E-state index contributed by atoms with van der Waals surface area (Å²) in [5, 5.41) is 0. The van der Waals surface area contributed by atoms with Gasteiger partial charge in [0.2, 0.25) is 0 Å². The minimum absolute atomic E-state index is 0.365. The molecule has 0 bridgehead atoms. The van der Waals surface area contributed by atoms with Gasteiger partial charge in [-0.3, -0.25) is 9.80 Å². The van der Waals surface area contributed by atoms with Gasteiger partial charge in [-0.2, -0.15) is 0 Å². The van der Waals surface area contributed by atoms with E-state index >= 15 is 0 Å². The number of rotatable bonds is 6. The van der Waals surface area contributed by atoms with Crippen molar-refractivity contribution in [2.75, 3.05) is 66.1 Å². The fourth-order valence-electron chi connectivity index (χ4n) is 3.63. The molecule has 1 aromatic carbocycles. The fourth-order valence-corrected chi connectivity index (χ4v) is 3.63. The lowest BCUT2D eigenvalue weighted by molar-refractivity contribution is -0.0458. The third-order valence-electron chi connectivity index (χ3n) is 5.04. The van der Waals surface area contributed by atoms with E-state index in [2.05, 4.69) is 28.7 Å². The number of likely N-dealkylation sites (N-methyl/N-ethyl adjacent to an activating group) is 1. The number of hydrogen-bond donors (Lipinski definition) is 0. The summed E-state index contributed by atoms with van der Waals surface area (Å²) in [7, 11) is 2.18. The first-order valence-corrected chi connectivity index (χ1v) is 9.15. The van der Waals surface area contributed by atoms with Crippen molar-refractivity contribution in [3.63, 3.8) is 0 Å². The highest BCUT2D eigenvalue weighted by molar-refractivity contribution is 5.20. The largest absolute Gasteiger partial charge is 0.492 e. The molecule has 3 rings (SSSR count). The second kappa shape index (κ2) is 8.81. The summed E-state index contributed by atoms with van der Waals surface area (Å²) in [6.45, 7) is 11.5. The summed E-state index contributed by atoms with van der Waals surface area (Å²) in [5.74, 6) is 0.961. The third-order valence-corrected chi connectivity index (χ3v) is 5.04. The van der Waals surface area contributed by atoms with E-state index in [1.165, 1.54) is 0 Å². The van der Waals surface area contributed by atoms with E-state index < -0.39 is 0 Å². The predicted molar refractivity (Wildman–Crippen MR) is 96.6 cm³/mol. The molecule has 1 aromatic rings. The summed E-state index contributed by atoms with van der Waals surface area (Å²) in [4.78, 5) is 7.46. The topological polar surface area (TPSA) is 28.2 Å². The molecular weight excluding hydrogens is 302 g/mol. The third kappa shape index (κ3) is 5.18. The van der Waals surface area contributed by atoms with Crippen LogP contribution < -0.4 is 4.74 Å². The van der Waals surface area contributed by atoms with E-state index in [1.807, 2.05) is 30.3 Å². The zero-order chi connectivity index (χ0) is 16.8. The molecule has 0 aromatic heterocycles. The maximum absolute atomic E-state index is 5.91. The summed E-state index contributed by atoms with van der Waals surface area (Å²) in [5.41, 5.74) is 0. The Balaban J connectivity index is 1.37. The molecule has 5 nitrogen and oxygen atoms in total. The van der Waals surface area contributed by atoms with Gasteiger partial charge in [-0.05, 0) is 26.1 Å². The van der Waals surface area contributed by atoms with E-state index in [0.29, 0.717) is 12.1 Å². The maximum Gasteiger partial charge on any atom is 0.119 e. The van der Waals surface area contributed by atoms with Crippen LogP contribution in [0.5, 0.6) is 5.75 Å². The Kier molecular flexibility index (Phi) is 6.49. The Bertz CT molecular complexity index is 485. The van der Waals surface area contributed by atoms with Crippen LogP contribution in [-0.4, -0.2) is 92.9 Å². The van der Waals surface area contributed by atoms with Gasteiger partial charge in [-0.25, -0.2) is 0 Å². The molecule has 2 aliphatic rings. The monoisotopic (exact) mass is 333 g/mol. The molecule has 5 heteroatoms. The van der Waals surface area contributed by atoms with Crippen LogP contribution in [-0.2, 0) is 4.74 Å². The van der Waals surface area contributed by atoms with Crippen LogP contribution in [0, 0.1) is 0 Å². The number of nitrogens with zero attached hydrogens (tertiary/aromatic N) is 3. The molecule has 134 valence electrons. The molecule has 0 aliphatic carbocycles. The lowest BCUT2D eigenvalue weighted by Crippen LogP contribution is -2.55. The summed E-state index contributed by atoms with van der Waals surface area (Å²) in [6.07, 6.45) is 0.365. The molecule has 2 heterocycles. The van der Waals surface area contributed by atoms with Gasteiger partial charge in [0.25, 0.3) is 0 Å². The second-order valence-corrected chi connectivity index (χ2v) is 7.06. The van der Waals surface area contributed by atoms with E-state index in [4.69, 9.17) is 9.47 Å². The number of morpholine rings is 1. The Morgan fingerprint density at radius 1 is 1.12 bits per heavy atom. The van der Waals surface area contributed by atoms with Crippen molar-refractivity contribution in [3.8, 4) is 5.75 Å². The van der Waals surface area contributed by atoms with Gasteiger partial charge >= 0.3 is 0 Å². The molecule has 2 atom stereocenters. The van der Waals surface area contributed by atoms with Crippen LogP contribution in [0.3, 0.4) is 0 Å². The number of piperazine rings is 1. The summed E-state index contributed by atoms with van der Waals surface area (Å²) < 4.78 is 11.7. The Labute approximate surface area is 146 Å². The summed E-state index contributed by atoms with van der Waals surface area (Å²) >= 11 is 0. The first-order valence-electron chi connectivity index (χ1n) is 9.15. The standard InChI is InChI=1S/C19H31N3O2/c1-17-14-21(16-19-15-20(2)10-12-24-19)8-9-22(17)11-13-23-18-6-4-3-5-7-18/h3-7,17,19H,8-16H2,1-2H3/t17-,19+/m1/s1. The molecule has 0 radical (unpaired) electrons. The van der Waals surface area contributed by atoms with Gasteiger partial charge in [0.1, 0.15) is 12.4 Å². The Morgan fingerprint density at radius 2 is 1.96 bits per heavy atom. The van der Waals surface area contributed by atoms with Gasteiger partial charge in [-0.15, -0.1) is 0 Å². The fraction of sp³-hybridized carbons (Fsp3) is 0.684. The lowest BCUT2D eigenvalue weighted by Gasteiger charge is -2.42. The average Bonchev–Trinajstić information content (AvgIpc) is 2.58. The van der Waals surface area contributed by atoms with Crippen molar-refractivity contribution >= 4 is 0 Å². The van der Waals surface area contributed by atoms with E-state index in [0.717, 1.165) is 64.8 Å². The van der Waals surface area contributed by atoms with Crippen LogP contribution in [0.1, 0.15) is 6.92 Å². The maximum atomic E-state index is 5.91. The van der Waals surface area contributed by atoms with E-state index in [1.54, 1.807) is 0 Å². The first-order chi connectivity index (χ1) is 11.7. The minimum atomic E-state index is 0.365. The highest BCUT2D eigenvalue weighted by atomic mass is 16.5. The van der Waals surface area contributed by atoms with Gasteiger partial charge < -0.3 is 14.4 Å². The highest BCUT2D eigenvalue weighted by Crippen LogP contribution is 2.13. The Hall–Kier alpha value is -1.14. The molecule has 2 saturated heterocycles.